The fraction of sp³-hybridized carbons (Fsp3) is 0.800. The van der Waals surface area contributed by atoms with E-state index in [-0.39, 0.29) is 6.04 Å². The van der Waals surface area contributed by atoms with Crippen LogP contribution in [0.2, 0.25) is 131 Å². The minimum Gasteiger partial charge on any atom is -0.302 e. The van der Waals surface area contributed by atoms with Crippen LogP contribution in [0, 0.1) is 29.1 Å². The van der Waals surface area contributed by atoms with E-state index in [2.05, 4.69) is 70.2 Å². The first-order chi connectivity index (χ1) is 27.0. The molecule has 0 N–H and O–H groups in total. The maximum atomic E-state index is 15.5. The highest BCUT2D eigenvalue weighted by Crippen LogP contribution is 2.52. The van der Waals surface area contributed by atoms with E-state index in [1.807, 2.05) is 0 Å². The molecule has 26 heteroatoms. The van der Waals surface area contributed by atoms with Crippen molar-refractivity contribution in [1.82, 2.24) is 0 Å². The lowest BCUT2D eigenvalue weighted by Crippen LogP contribution is -2.64. The van der Waals surface area contributed by atoms with Crippen LogP contribution in [0.1, 0.15) is 6.42 Å². The van der Waals surface area contributed by atoms with Crippen molar-refractivity contribution in [3.05, 3.63) is 29.1 Å². The number of ether oxygens (including phenoxy) is 1. The summed E-state index contributed by atoms with van der Waals surface area (Å²) in [5.74, 6) is -33.1. The normalized spacial score (nSPS) is 16.1. The minimum absolute atomic E-state index is 0.0686. The average Bonchev–Trinajstić information content (AvgIpc) is 3.04. The van der Waals surface area contributed by atoms with E-state index < -0.39 is 147 Å². The van der Waals surface area contributed by atoms with Crippen LogP contribution in [-0.2, 0) is 9.53 Å². The number of hydrogen-bond acceptors (Lipinski definition) is 2. The molecule has 0 saturated heterocycles. The number of anilines is 1. The summed E-state index contributed by atoms with van der Waals surface area (Å²) in [5.41, 5.74) is 2.62. The number of carbonyl (C=O) groups is 1. The van der Waals surface area contributed by atoms with E-state index in [1.54, 1.807) is 13.1 Å². The van der Waals surface area contributed by atoms with Crippen molar-refractivity contribution in [1.29, 1.82) is 0 Å². The molecule has 1 aromatic rings. The Bertz CT molecular complexity index is 1610. The summed E-state index contributed by atoms with van der Waals surface area (Å²) in [6.07, 6.45) is -22.9. The van der Waals surface area contributed by atoms with E-state index in [4.69, 9.17) is 0 Å². The first kappa shape index (κ1) is 58.1. The topological polar surface area (TPSA) is 29.5 Å². The molecule has 1 rings (SSSR count). The fourth-order valence-electron chi connectivity index (χ4n) is 8.82. The van der Waals surface area contributed by atoms with Gasteiger partial charge in [-0.05, 0) is 6.42 Å². The molecular formula is C35H61F16NO2Si7. The van der Waals surface area contributed by atoms with Crippen LogP contribution in [0.5, 0.6) is 0 Å². The molecule has 2 unspecified atom stereocenters. The van der Waals surface area contributed by atoms with Crippen molar-refractivity contribution in [2.45, 2.75) is 168 Å². The van der Waals surface area contributed by atoms with Gasteiger partial charge < -0.3 is 4.90 Å². The number of nitrogens with zero attached hydrogens (tertiary/aromatic N) is 1. The lowest BCUT2D eigenvalue weighted by Gasteiger charge is -2.40. The van der Waals surface area contributed by atoms with Gasteiger partial charge in [-0.2, -0.15) is 48.3 Å². The second-order valence-corrected chi connectivity index (χ2v) is 53.3. The number of amides is 1. The van der Waals surface area contributed by atoms with Gasteiger partial charge in [0, 0.05) is 65.2 Å². The number of carbonyl (C=O) groups excluding carboxylic acids is 1. The average molecular weight is 1030 g/mol. The molecule has 0 bridgehead atoms. The molecule has 0 aliphatic rings. The van der Waals surface area contributed by atoms with Crippen molar-refractivity contribution in [3.63, 3.8) is 0 Å². The van der Waals surface area contributed by atoms with Gasteiger partial charge in [0.05, 0.1) is 0 Å². The monoisotopic (exact) mass is 1030 g/mol. The number of benzene rings is 1. The van der Waals surface area contributed by atoms with Crippen LogP contribution in [0.3, 0.4) is 0 Å². The predicted molar refractivity (Wildman–Crippen MR) is 228 cm³/mol. The molecule has 0 fully saturated rings. The molecule has 0 aliphatic carbocycles. The molecule has 0 radical (unpaired) electrons. The minimum atomic E-state index is -7.59. The third-order valence-electron chi connectivity index (χ3n) is 11.0. The Morgan fingerprint density at radius 3 is 1.31 bits per heavy atom. The van der Waals surface area contributed by atoms with Gasteiger partial charge in [0.2, 0.25) is 5.82 Å². The van der Waals surface area contributed by atoms with Crippen LogP contribution in [0.15, 0.2) is 0 Å². The summed E-state index contributed by atoms with van der Waals surface area (Å²) in [7, 11) is -10.3. The summed E-state index contributed by atoms with van der Waals surface area (Å²) in [6.45, 7) is 25.9. The number of rotatable bonds is 23. The van der Waals surface area contributed by atoms with Crippen LogP contribution in [0.4, 0.5) is 75.9 Å². The third kappa shape index (κ3) is 15.3. The Morgan fingerprint density at radius 2 is 0.918 bits per heavy atom. The molecule has 1 amide bonds. The van der Waals surface area contributed by atoms with Crippen molar-refractivity contribution < 1.29 is 79.8 Å². The molecule has 1 aromatic carbocycles. The second-order valence-electron chi connectivity index (χ2n) is 20.2. The summed E-state index contributed by atoms with van der Waals surface area (Å²) < 4.78 is 226. The maximum Gasteiger partial charge on any atom is 0.462 e. The summed E-state index contributed by atoms with van der Waals surface area (Å²) >= 11 is 0. The number of hydrogen-bond donors (Lipinski definition) is 0. The van der Waals surface area contributed by atoms with Crippen molar-refractivity contribution in [3.8, 4) is 0 Å². The van der Waals surface area contributed by atoms with Gasteiger partial charge in [-0.3, -0.25) is 9.53 Å². The van der Waals surface area contributed by atoms with Gasteiger partial charge in [0.25, 0.3) is 0 Å². The highest BCUT2D eigenvalue weighted by atomic mass is 28.4. The van der Waals surface area contributed by atoms with Crippen LogP contribution < -0.4 is 4.90 Å². The number of halogens is 16. The lowest BCUT2D eigenvalue weighted by atomic mass is 10.1. The molecule has 358 valence electrons. The van der Waals surface area contributed by atoms with E-state index >= 15 is 4.39 Å². The third-order valence-corrected chi connectivity index (χ3v) is 48.7. The molecule has 2 atom stereocenters. The first-order valence-electron chi connectivity index (χ1n) is 20.1. The summed E-state index contributed by atoms with van der Waals surface area (Å²) in [6, 6.07) is 3.84. The zero-order valence-corrected chi connectivity index (χ0v) is 44.3. The Balaban J connectivity index is 3.56. The Kier molecular flexibility index (Phi) is 19.7. The Hall–Kier alpha value is -0.952. The van der Waals surface area contributed by atoms with Crippen molar-refractivity contribution in [2.24, 2.45) is 0 Å². The van der Waals surface area contributed by atoms with Gasteiger partial charge in [-0.25, -0.2) is 22.0 Å². The van der Waals surface area contributed by atoms with Gasteiger partial charge in [-0.15, -0.1) is 0 Å². The zero-order chi connectivity index (χ0) is 48.3. The molecule has 3 nitrogen and oxygen atoms in total. The molecule has 0 spiro atoms. The van der Waals surface area contributed by atoms with Gasteiger partial charge in [0.15, 0.2) is 23.3 Å². The second kappa shape index (κ2) is 20.7. The standard InChI is InChI=1S/C35H61F16NO2Si7/c1-55(2)20-60(11,21-56(3)4)18-19-61(12,22-57(5)6)23-59(9,10)17-16-58(7,8)15-13-14-52(29-27(39)25(37)24(36)26(38)28(29)40)30(53)31(41,33(44,45)46)54-35(50,51)32(42,43)34(47,48)49/h55-57H,13-23H2,1-12H3. The number of alkyl halides is 11. The highest BCUT2D eigenvalue weighted by Gasteiger charge is 2.80. The van der Waals surface area contributed by atoms with E-state index in [0.29, 0.717) is 6.04 Å². The Morgan fingerprint density at radius 1 is 0.541 bits per heavy atom. The van der Waals surface area contributed by atoms with E-state index in [1.165, 1.54) is 29.1 Å². The molecule has 0 aromatic heterocycles. The van der Waals surface area contributed by atoms with Gasteiger partial charge >= 0.3 is 36.1 Å². The smallest absolute Gasteiger partial charge is 0.302 e. The quantitative estimate of drug-likeness (QED) is 0.0473. The summed E-state index contributed by atoms with van der Waals surface area (Å²) in [5, 5.41) is 0. The van der Waals surface area contributed by atoms with E-state index in [9.17, 15) is 70.7 Å². The highest BCUT2D eigenvalue weighted by molar-refractivity contribution is 7.01. The van der Waals surface area contributed by atoms with Crippen LogP contribution >= 0.6 is 0 Å². The first-order valence-corrected chi connectivity index (χ1v) is 42.6. The van der Waals surface area contributed by atoms with E-state index in [0.717, 1.165) is 11.7 Å². The van der Waals surface area contributed by atoms with Crippen molar-refractivity contribution in [2.75, 3.05) is 11.4 Å². The molecule has 0 heterocycles. The summed E-state index contributed by atoms with van der Waals surface area (Å²) in [4.78, 5) is 12.0. The van der Waals surface area contributed by atoms with Crippen molar-refractivity contribution >= 4 is 70.3 Å². The maximum absolute atomic E-state index is 15.5. The zero-order valence-electron chi connectivity index (χ0n) is 36.8. The molecule has 61 heavy (non-hydrogen) atoms. The van der Waals surface area contributed by atoms with Crippen LogP contribution in [0.25, 0.3) is 0 Å². The fourth-order valence-corrected chi connectivity index (χ4v) is 61.2. The molecule has 0 saturated carbocycles. The Labute approximate surface area is 357 Å². The SMILES string of the molecule is C[SiH](C)C[Si](C)(CC[Si](C)(C[SiH](C)C)C[Si](C)(C)CC[Si](C)(C)CCCN(C(=O)C(F)(OC(F)(F)C(F)(F)C(F)(F)F)C(F)(F)F)c1c(F)c(F)c(F)c(F)c1F)C[SiH](C)C. The van der Waals surface area contributed by atoms with Gasteiger partial charge in [-0.1, -0.05) is 131 Å². The molecule has 0 aliphatic heterocycles. The molecular weight excluding hydrogens is 967 g/mol. The van der Waals surface area contributed by atoms with Gasteiger partial charge in [0.1, 0.15) is 5.69 Å². The lowest BCUT2D eigenvalue weighted by molar-refractivity contribution is -0.472. The predicted octanol–water partition coefficient (Wildman–Crippen LogP) is 13.3. The van der Waals surface area contributed by atoms with Crippen LogP contribution in [-0.4, -0.2) is 101 Å². The largest absolute Gasteiger partial charge is 0.462 e.